The van der Waals surface area contributed by atoms with E-state index < -0.39 is 18.1 Å². The van der Waals surface area contributed by atoms with E-state index in [2.05, 4.69) is 28.5 Å². The lowest BCUT2D eigenvalue weighted by Crippen LogP contribution is -2.37. The number of rotatable bonds is 19. The zero-order valence-corrected chi connectivity index (χ0v) is 30.6. The molecule has 4 aromatic rings. The number of alkyl halides is 3. The highest BCUT2D eigenvalue weighted by atomic mass is 19.4. The third-order valence-corrected chi connectivity index (χ3v) is 9.23. The number of ether oxygens (including phenoxy) is 1. The van der Waals surface area contributed by atoms with Crippen molar-refractivity contribution < 1.29 is 32.3 Å². The first kappa shape index (κ1) is 40.1. The molecule has 0 aliphatic heterocycles. The molecule has 2 amide bonds. The minimum absolute atomic E-state index is 0.153. The van der Waals surface area contributed by atoms with Crippen LogP contribution in [0.2, 0.25) is 0 Å². The summed E-state index contributed by atoms with van der Waals surface area (Å²) >= 11 is 0. The molecule has 11 heteroatoms. The number of benzene rings is 3. The minimum Gasteiger partial charge on any atom is -0.383 e. The van der Waals surface area contributed by atoms with Crippen molar-refractivity contribution in [1.82, 2.24) is 14.9 Å². The van der Waals surface area contributed by atoms with Crippen LogP contribution in [0.4, 0.5) is 23.7 Å². The maximum Gasteiger partial charge on any atom is 0.491 e. The van der Waals surface area contributed by atoms with Crippen molar-refractivity contribution in [2.45, 2.75) is 110 Å². The summed E-state index contributed by atoms with van der Waals surface area (Å²) in [6.45, 7) is 5.48. The van der Waals surface area contributed by atoms with Gasteiger partial charge in [-0.2, -0.15) is 13.2 Å². The normalized spacial score (nSPS) is 11.5. The average Bonchev–Trinajstić information content (AvgIpc) is 3.48. The van der Waals surface area contributed by atoms with E-state index >= 15 is 0 Å². The molecule has 0 atom stereocenters. The number of unbranched alkanes of at least 4 members (excludes halogenated alkanes) is 10. The topological polar surface area (TPSA) is 93.5 Å². The molecule has 52 heavy (non-hydrogen) atoms. The summed E-state index contributed by atoms with van der Waals surface area (Å²) in [7, 11) is 1.76. The molecule has 4 rings (SSSR count). The zero-order chi connectivity index (χ0) is 37.5. The van der Waals surface area contributed by atoms with Crippen LogP contribution in [0.1, 0.15) is 113 Å². The average molecular weight is 721 g/mol. The van der Waals surface area contributed by atoms with Gasteiger partial charge in [-0.3, -0.25) is 4.90 Å². The highest BCUT2D eigenvalue weighted by Crippen LogP contribution is 2.28. The Kier molecular flexibility index (Phi) is 15.3. The maximum absolute atomic E-state index is 13.1. The van der Waals surface area contributed by atoms with Crippen LogP contribution in [-0.2, 0) is 22.5 Å². The molecule has 0 spiro atoms. The van der Waals surface area contributed by atoms with Gasteiger partial charge in [0, 0.05) is 32.2 Å². The fraction of sp³-hybridized carbons (Fsp3) is 0.463. The van der Waals surface area contributed by atoms with Crippen LogP contribution in [0.3, 0.4) is 0 Å². The quantitative estimate of drug-likeness (QED) is 0.0591. The number of imidazole rings is 1. The number of amides is 2. The lowest BCUT2D eigenvalue weighted by Gasteiger charge is -2.19. The Balaban J connectivity index is 1.43. The molecule has 1 aromatic heterocycles. The number of carbonyl (C=O) groups excluding carboxylic acids is 3. The summed E-state index contributed by atoms with van der Waals surface area (Å²) in [6, 6.07) is 19.0. The van der Waals surface area contributed by atoms with Crippen molar-refractivity contribution in [1.29, 1.82) is 0 Å². The maximum atomic E-state index is 13.1. The molecule has 0 saturated carbocycles. The number of hydrogen-bond donors (Lipinski definition) is 1. The van der Waals surface area contributed by atoms with Crippen molar-refractivity contribution in [3.63, 3.8) is 0 Å². The van der Waals surface area contributed by atoms with Gasteiger partial charge >= 0.3 is 24.1 Å². The molecular weight excluding hydrogens is 669 g/mol. The Hall–Kier alpha value is -4.67. The van der Waals surface area contributed by atoms with E-state index in [1.165, 1.54) is 63.5 Å². The van der Waals surface area contributed by atoms with E-state index in [1.807, 2.05) is 30.3 Å². The van der Waals surface area contributed by atoms with Crippen molar-refractivity contribution in [3.05, 3.63) is 83.7 Å². The third kappa shape index (κ3) is 11.4. The van der Waals surface area contributed by atoms with Crippen LogP contribution >= 0.6 is 0 Å². The standard InChI is InChI=1S/C41H51F3N4O4/c1-4-6-8-9-10-11-12-13-14-17-27-45-40(51)47(3)32-25-26-35-36(28-32)48(37(46-35)20-7-5-2)29-30-21-23-31(24-22-30)33-18-15-16-19-34(33)38(49)52-39(50)41(42,43)44/h15-16,18-19,21-26,28H,4-14,17,20,27,29H2,1-3H3,(H,45,51). The summed E-state index contributed by atoms with van der Waals surface area (Å²) < 4.78 is 44.4. The summed E-state index contributed by atoms with van der Waals surface area (Å²) in [6.07, 6.45) is 9.83. The Morgan fingerprint density at radius 1 is 0.808 bits per heavy atom. The number of esters is 2. The van der Waals surface area contributed by atoms with Crippen LogP contribution in [0.15, 0.2) is 66.7 Å². The van der Waals surface area contributed by atoms with Crippen LogP contribution in [-0.4, -0.2) is 47.3 Å². The minimum atomic E-state index is -5.28. The molecule has 1 heterocycles. The Morgan fingerprint density at radius 2 is 1.44 bits per heavy atom. The lowest BCUT2D eigenvalue weighted by molar-refractivity contribution is -0.193. The molecule has 0 radical (unpaired) electrons. The fourth-order valence-corrected chi connectivity index (χ4v) is 6.20. The second kappa shape index (κ2) is 19.8. The van der Waals surface area contributed by atoms with Crippen LogP contribution in [0.5, 0.6) is 0 Å². The third-order valence-electron chi connectivity index (χ3n) is 9.23. The summed E-state index contributed by atoms with van der Waals surface area (Å²) in [5, 5.41) is 3.06. The first-order valence-electron chi connectivity index (χ1n) is 18.6. The van der Waals surface area contributed by atoms with E-state index in [-0.39, 0.29) is 11.6 Å². The molecule has 0 fully saturated rings. The van der Waals surface area contributed by atoms with Gasteiger partial charge in [0.15, 0.2) is 0 Å². The molecule has 0 saturated heterocycles. The highest BCUT2D eigenvalue weighted by Gasteiger charge is 2.42. The molecule has 1 N–H and O–H groups in total. The molecule has 3 aromatic carbocycles. The van der Waals surface area contributed by atoms with E-state index in [0.29, 0.717) is 24.2 Å². The van der Waals surface area contributed by atoms with E-state index in [4.69, 9.17) is 4.98 Å². The fourth-order valence-electron chi connectivity index (χ4n) is 6.20. The molecular formula is C41H51F3N4O4. The monoisotopic (exact) mass is 720 g/mol. The molecule has 8 nitrogen and oxygen atoms in total. The van der Waals surface area contributed by atoms with E-state index in [1.54, 1.807) is 36.2 Å². The van der Waals surface area contributed by atoms with E-state index in [9.17, 15) is 27.6 Å². The Morgan fingerprint density at radius 3 is 2.10 bits per heavy atom. The number of fused-ring (bicyclic) bond motifs is 1. The number of carbonyl (C=O) groups is 3. The molecule has 0 unspecified atom stereocenters. The van der Waals surface area contributed by atoms with Gasteiger partial charge < -0.3 is 14.6 Å². The molecule has 280 valence electrons. The number of aryl methyl sites for hydroxylation is 1. The Labute approximate surface area is 304 Å². The second-order valence-corrected chi connectivity index (χ2v) is 13.3. The molecule has 0 aliphatic rings. The first-order chi connectivity index (χ1) is 25.0. The largest absolute Gasteiger partial charge is 0.491 e. The highest BCUT2D eigenvalue weighted by molar-refractivity contribution is 6.03. The molecule has 0 aliphatic carbocycles. The predicted octanol–water partition coefficient (Wildman–Crippen LogP) is 10.4. The molecule has 0 bridgehead atoms. The van der Waals surface area contributed by atoms with Gasteiger partial charge in [-0.05, 0) is 53.8 Å². The first-order valence-corrected chi connectivity index (χ1v) is 18.6. The van der Waals surface area contributed by atoms with Crippen molar-refractivity contribution in [2.24, 2.45) is 0 Å². The van der Waals surface area contributed by atoms with Gasteiger partial charge in [0.1, 0.15) is 5.82 Å². The van der Waals surface area contributed by atoms with Gasteiger partial charge in [0.05, 0.1) is 16.6 Å². The number of nitrogens with zero attached hydrogens (tertiary/aromatic N) is 3. The van der Waals surface area contributed by atoms with Crippen LogP contribution < -0.4 is 10.2 Å². The number of aromatic nitrogens is 2. The van der Waals surface area contributed by atoms with Crippen molar-refractivity contribution in [2.75, 3.05) is 18.5 Å². The number of nitrogens with one attached hydrogen (secondary N) is 1. The van der Waals surface area contributed by atoms with Crippen LogP contribution in [0.25, 0.3) is 22.2 Å². The Bertz CT molecular complexity index is 1770. The number of urea groups is 1. The zero-order valence-electron chi connectivity index (χ0n) is 30.6. The number of halogens is 3. The summed E-state index contributed by atoms with van der Waals surface area (Å²) in [5.41, 5.74) is 4.16. The number of anilines is 1. The van der Waals surface area contributed by atoms with Gasteiger partial charge in [0.25, 0.3) is 0 Å². The van der Waals surface area contributed by atoms with Crippen molar-refractivity contribution >= 4 is 34.7 Å². The predicted molar refractivity (Wildman–Crippen MR) is 199 cm³/mol. The van der Waals surface area contributed by atoms with Gasteiger partial charge in [-0.15, -0.1) is 0 Å². The summed E-state index contributed by atoms with van der Waals surface area (Å²) in [5.74, 6) is -3.01. The number of hydrogen-bond acceptors (Lipinski definition) is 5. The second-order valence-electron chi connectivity index (χ2n) is 13.3. The van der Waals surface area contributed by atoms with Crippen molar-refractivity contribution in [3.8, 4) is 11.1 Å². The SMILES string of the molecule is CCCCCCCCCCCCNC(=O)N(C)c1ccc2nc(CCCC)n(Cc3ccc(-c4ccccc4C(=O)OC(=O)C(F)(F)F)cc3)c2c1. The summed E-state index contributed by atoms with van der Waals surface area (Å²) in [4.78, 5) is 43.4. The van der Waals surface area contributed by atoms with Gasteiger partial charge in [0.2, 0.25) is 0 Å². The lowest BCUT2D eigenvalue weighted by atomic mass is 9.98. The van der Waals surface area contributed by atoms with Gasteiger partial charge in [-0.1, -0.05) is 121 Å². The van der Waals surface area contributed by atoms with Gasteiger partial charge in [-0.25, -0.2) is 19.4 Å². The smallest absolute Gasteiger partial charge is 0.383 e. The van der Waals surface area contributed by atoms with Crippen LogP contribution in [0, 0.1) is 0 Å². The van der Waals surface area contributed by atoms with E-state index in [0.717, 1.165) is 60.2 Å².